The van der Waals surface area contributed by atoms with Crippen LogP contribution in [0.15, 0.2) is 54.6 Å². The van der Waals surface area contributed by atoms with E-state index >= 15 is 0 Å². The molecule has 186 valence electrons. The van der Waals surface area contributed by atoms with Gasteiger partial charge in [0, 0.05) is 25.6 Å². The van der Waals surface area contributed by atoms with Crippen LogP contribution in [0, 0.1) is 12.8 Å². The molecule has 2 aliphatic rings. The summed E-state index contributed by atoms with van der Waals surface area (Å²) in [5, 5.41) is 0. The van der Waals surface area contributed by atoms with E-state index in [-0.39, 0.29) is 0 Å². The summed E-state index contributed by atoms with van der Waals surface area (Å²) in [6.07, 6.45) is 2.07. The topological polar surface area (TPSA) is 48.8 Å². The number of para-hydroxylation sites is 3. The third kappa shape index (κ3) is 3.58. The van der Waals surface area contributed by atoms with Crippen molar-refractivity contribution in [2.75, 3.05) is 39.3 Å². The molecule has 6 rings (SSSR count). The van der Waals surface area contributed by atoms with Crippen LogP contribution in [0.3, 0.4) is 0 Å². The Labute approximate surface area is 212 Å². The van der Waals surface area contributed by atoms with Gasteiger partial charge in [0.15, 0.2) is 11.5 Å². The highest BCUT2D eigenvalue weighted by Crippen LogP contribution is 2.53. The third-order valence-electron chi connectivity index (χ3n) is 7.95. The first kappa shape index (κ1) is 22.8. The lowest BCUT2D eigenvalue weighted by Gasteiger charge is -2.39. The smallest absolute Gasteiger partial charge is 0.161 e. The van der Waals surface area contributed by atoms with Gasteiger partial charge in [-0.1, -0.05) is 24.3 Å². The van der Waals surface area contributed by atoms with E-state index in [1.165, 1.54) is 27.9 Å². The van der Waals surface area contributed by atoms with Gasteiger partial charge in [0.2, 0.25) is 0 Å². The van der Waals surface area contributed by atoms with E-state index in [9.17, 15) is 0 Å². The molecule has 0 unspecified atom stereocenters. The predicted molar refractivity (Wildman–Crippen MR) is 143 cm³/mol. The number of aromatic nitrogens is 2. The van der Waals surface area contributed by atoms with Crippen molar-refractivity contribution in [3.63, 3.8) is 0 Å². The number of methoxy groups -OCH3 is 3. The van der Waals surface area contributed by atoms with Crippen molar-refractivity contribution in [3.8, 4) is 17.2 Å². The summed E-state index contributed by atoms with van der Waals surface area (Å²) in [6.45, 7) is 5.00. The van der Waals surface area contributed by atoms with Gasteiger partial charge in [-0.15, -0.1) is 0 Å². The average Bonchev–Trinajstić information content (AvgIpc) is 3.43. The number of anilines is 1. The Hall–Kier alpha value is -3.67. The summed E-state index contributed by atoms with van der Waals surface area (Å²) in [5.41, 5.74) is 7.57. The van der Waals surface area contributed by atoms with Crippen LogP contribution in [0.5, 0.6) is 17.2 Å². The Kier molecular flexibility index (Phi) is 5.75. The van der Waals surface area contributed by atoms with E-state index in [1.807, 2.05) is 0 Å². The van der Waals surface area contributed by atoms with Crippen molar-refractivity contribution in [3.05, 3.63) is 77.1 Å². The molecule has 0 N–H and O–H groups in total. The highest BCUT2D eigenvalue weighted by atomic mass is 16.5. The normalized spacial score (nSPS) is 18.1. The fraction of sp³-hybridized carbons (Fsp3) is 0.367. The number of nitrogens with zero attached hydrogens (tertiary/aromatic N) is 3. The number of rotatable bonds is 7. The van der Waals surface area contributed by atoms with Gasteiger partial charge in [0.05, 0.1) is 38.1 Å². The summed E-state index contributed by atoms with van der Waals surface area (Å²) in [6, 6.07) is 19.2. The summed E-state index contributed by atoms with van der Waals surface area (Å²) in [4.78, 5) is 7.29. The molecule has 0 bridgehead atoms. The largest absolute Gasteiger partial charge is 0.495 e. The Bertz CT molecular complexity index is 1430. The molecule has 1 aliphatic carbocycles. The van der Waals surface area contributed by atoms with Crippen LogP contribution in [0.4, 0.5) is 5.69 Å². The third-order valence-corrected chi connectivity index (χ3v) is 7.95. The molecule has 0 saturated carbocycles. The first-order valence-electron chi connectivity index (χ1n) is 12.7. The summed E-state index contributed by atoms with van der Waals surface area (Å²) >= 11 is 0. The van der Waals surface area contributed by atoms with Crippen molar-refractivity contribution in [1.29, 1.82) is 0 Å². The average molecular weight is 484 g/mol. The van der Waals surface area contributed by atoms with Crippen LogP contribution in [-0.2, 0) is 13.0 Å². The fourth-order valence-corrected chi connectivity index (χ4v) is 6.42. The monoisotopic (exact) mass is 483 g/mol. The van der Waals surface area contributed by atoms with Crippen LogP contribution >= 0.6 is 0 Å². The second-order valence-corrected chi connectivity index (χ2v) is 9.84. The number of ether oxygens (including phenoxy) is 3. The minimum atomic E-state index is 0.334. The van der Waals surface area contributed by atoms with Gasteiger partial charge < -0.3 is 23.7 Å². The predicted octanol–water partition coefficient (Wildman–Crippen LogP) is 5.59. The maximum absolute atomic E-state index is 5.89. The second-order valence-electron chi connectivity index (χ2n) is 9.84. The molecule has 4 aromatic rings. The molecule has 1 aromatic heterocycles. The van der Waals surface area contributed by atoms with Crippen molar-refractivity contribution in [2.24, 2.45) is 5.92 Å². The first-order valence-corrected chi connectivity index (χ1v) is 12.7. The lowest BCUT2D eigenvalue weighted by molar-refractivity contribution is 0.354. The lowest BCUT2D eigenvalue weighted by Crippen LogP contribution is -2.38. The molecule has 1 aliphatic heterocycles. The van der Waals surface area contributed by atoms with Crippen molar-refractivity contribution in [2.45, 2.75) is 32.2 Å². The maximum atomic E-state index is 5.89. The number of fused-ring (bicyclic) bond motifs is 6. The van der Waals surface area contributed by atoms with Gasteiger partial charge in [-0.3, -0.25) is 0 Å². The molecule has 2 atom stereocenters. The summed E-state index contributed by atoms with van der Waals surface area (Å²) in [5.74, 6) is 4.46. The second kappa shape index (κ2) is 9.08. The van der Waals surface area contributed by atoms with Crippen molar-refractivity contribution >= 4 is 16.7 Å². The van der Waals surface area contributed by atoms with Crippen LogP contribution < -0.4 is 19.1 Å². The number of imidazole rings is 1. The van der Waals surface area contributed by atoms with Gasteiger partial charge in [-0.25, -0.2) is 4.98 Å². The van der Waals surface area contributed by atoms with E-state index < -0.39 is 0 Å². The standard InChI is InChI=1S/C30H33N3O3/c1-19-31-24-10-5-6-11-25(24)33(19)14-8-13-32-18-21-15-20-16-27(35-3)28(36-4)17-23(20)29(21)22-9-7-12-26(34-2)30(22)32/h5-7,9-12,16-17,21,29H,8,13-15,18H2,1-4H3/t21-,29-/m0/s1. The molecular formula is C30H33N3O3. The molecule has 6 nitrogen and oxygen atoms in total. The number of aryl methyl sites for hydroxylation is 2. The molecule has 36 heavy (non-hydrogen) atoms. The quantitative estimate of drug-likeness (QED) is 0.343. The lowest BCUT2D eigenvalue weighted by atomic mass is 9.81. The van der Waals surface area contributed by atoms with Gasteiger partial charge in [-0.05, 0) is 72.7 Å². The molecule has 0 saturated heterocycles. The molecular weight excluding hydrogens is 450 g/mol. The fourth-order valence-electron chi connectivity index (χ4n) is 6.42. The van der Waals surface area contributed by atoms with E-state index in [1.54, 1.807) is 21.3 Å². The highest BCUT2D eigenvalue weighted by molar-refractivity contribution is 5.76. The Morgan fingerprint density at radius 2 is 1.64 bits per heavy atom. The number of hydrogen-bond donors (Lipinski definition) is 0. The van der Waals surface area contributed by atoms with Gasteiger partial charge in [0.1, 0.15) is 11.6 Å². The van der Waals surface area contributed by atoms with E-state index in [0.717, 1.165) is 61.1 Å². The first-order chi connectivity index (χ1) is 17.6. The minimum Gasteiger partial charge on any atom is -0.495 e. The van der Waals surface area contributed by atoms with Gasteiger partial charge in [-0.2, -0.15) is 0 Å². The molecule has 0 fully saturated rings. The molecule has 6 heteroatoms. The number of benzene rings is 3. The number of hydrogen-bond acceptors (Lipinski definition) is 5. The van der Waals surface area contributed by atoms with E-state index in [0.29, 0.717) is 11.8 Å². The van der Waals surface area contributed by atoms with Crippen LogP contribution in [0.1, 0.15) is 34.9 Å². The highest BCUT2D eigenvalue weighted by Gasteiger charge is 2.41. The Balaban J connectivity index is 1.32. The maximum Gasteiger partial charge on any atom is 0.161 e. The van der Waals surface area contributed by atoms with Crippen molar-refractivity contribution in [1.82, 2.24) is 9.55 Å². The molecule has 0 radical (unpaired) electrons. The van der Waals surface area contributed by atoms with E-state index in [2.05, 4.69) is 71.0 Å². The van der Waals surface area contributed by atoms with Crippen LogP contribution in [0.2, 0.25) is 0 Å². The zero-order valence-electron chi connectivity index (χ0n) is 21.5. The van der Waals surface area contributed by atoms with Gasteiger partial charge >= 0.3 is 0 Å². The van der Waals surface area contributed by atoms with Crippen molar-refractivity contribution < 1.29 is 14.2 Å². The zero-order valence-corrected chi connectivity index (χ0v) is 21.5. The summed E-state index contributed by atoms with van der Waals surface area (Å²) in [7, 11) is 5.19. The van der Waals surface area contributed by atoms with Gasteiger partial charge in [0.25, 0.3) is 0 Å². The molecule has 0 spiro atoms. The molecule has 3 aromatic carbocycles. The summed E-state index contributed by atoms with van der Waals surface area (Å²) < 4.78 is 19.5. The van der Waals surface area contributed by atoms with Crippen LogP contribution in [0.25, 0.3) is 11.0 Å². The Morgan fingerprint density at radius 1 is 0.861 bits per heavy atom. The molecule has 0 amide bonds. The zero-order chi connectivity index (χ0) is 24.8. The molecule has 2 heterocycles. The van der Waals surface area contributed by atoms with Crippen LogP contribution in [-0.4, -0.2) is 44.0 Å². The SMILES string of the molecule is COc1cc2c(cc1OC)[C@@H]1c3cccc(OC)c3N(CCCn3c(C)nc4ccccc43)C[C@@H]1C2. The van der Waals surface area contributed by atoms with E-state index in [4.69, 9.17) is 19.2 Å². The Morgan fingerprint density at radius 3 is 2.44 bits per heavy atom. The minimum absolute atomic E-state index is 0.334.